The van der Waals surface area contributed by atoms with E-state index in [0.717, 1.165) is 37.2 Å². The van der Waals surface area contributed by atoms with E-state index in [-0.39, 0.29) is 11.8 Å². The minimum Gasteiger partial charge on any atom is -0.497 e. The van der Waals surface area contributed by atoms with Gasteiger partial charge in [0.15, 0.2) is 0 Å². The van der Waals surface area contributed by atoms with Crippen molar-refractivity contribution >= 4 is 11.8 Å². The zero-order valence-electron chi connectivity index (χ0n) is 13.1. The molecule has 0 radical (unpaired) electrons. The lowest BCUT2D eigenvalue weighted by Crippen LogP contribution is -2.30. The van der Waals surface area contributed by atoms with Crippen molar-refractivity contribution in [2.24, 2.45) is 0 Å². The second-order valence-electron chi connectivity index (χ2n) is 5.54. The molecule has 1 aliphatic rings. The first-order chi connectivity index (χ1) is 10.7. The molecule has 5 heteroatoms. The second-order valence-corrected chi connectivity index (χ2v) is 5.54. The molecule has 0 unspecified atom stereocenters. The summed E-state index contributed by atoms with van der Waals surface area (Å²) in [5.74, 6) is 1.10. The highest BCUT2D eigenvalue weighted by molar-refractivity contribution is 5.78. The summed E-state index contributed by atoms with van der Waals surface area (Å²) in [6, 6.07) is 7.77. The highest BCUT2D eigenvalue weighted by atomic mass is 16.5. The van der Waals surface area contributed by atoms with Gasteiger partial charge in [0, 0.05) is 32.5 Å². The van der Waals surface area contributed by atoms with E-state index in [4.69, 9.17) is 4.74 Å². The van der Waals surface area contributed by atoms with Crippen molar-refractivity contribution in [1.29, 1.82) is 0 Å². The van der Waals surface area contributed by atoms with Crippen LogP contribution in [0.15, 0.2) is 24.3 Å². The number of carbonyl (C=O) groups excluding carboxylic acids is 2. The SMILES string of the molecule is COc1cccc(CCC(=O)NCCCN2CCCC2=O)c1. The minimum atomic E-state index is 0.0515. The van der Waals surface area contributed by atoms with E-state index < -0.39 is 0 Å². The van der Waals surface area contributed by atoms with Gasteiger partial charge in [-0.15, -0.1) is 0 Å². The van der Waals surface area contributed by atoms with Gasteiger partial charge in [0.1, 0.15) is 5.75 Å². The number of rotatable bonds is 8. The van der Waals surface area contributed by atoms with E-state index in [1.165, 1.54) is 0 Å². The largest absolute Gasteiger partial charge is 0.497 e. The predicted octanol–water partition coefficient (Wildman–Crippen LogP) is 1.76. The van der Waals surface area contributed by atoms with E-state index >= 15 is 0 Å². The highest BCUT2D eigenvalue weighted by Gasteiger charge is 2.18. The molecule has 0 spiro atoms. The number of ether oxygens (including phenoxy) is 1. The normalized spacial score (nSPS) is 14.2. The number of hydrogen-bond donors (Lipinski definition) is 1. The van der Waals surface area contributed by atoms with Gasteiger partial charge in [0.2, 0.25) is 11.8 Å². The molecule has 0 atom stereocenters. The van der Waals surface area contributed by atoms with Crippen molar-refractivity contribution < 1.29 is 14.3 Å². The van der Waals surface area contributed by atoms with E-state index in [1.807, 2.05) is 29.2 Å². The Bertz CT molecular complexity index is 516. The maximum atomic E-state index is 11.8. The number of nitrogens with one attached hydrogen (secondary N) is 1. The van der Waals surface area contributed by atoms with Crippen LogP contribution in [0.5, 0.6) is 5.75 Å². The van der Waals surface area contributed by atoms with Crippen LogP contribution in [0.3, 0.4) is 0 Å². The van der Waals surface area contributed by atoms with Crippen LogP contribution in [0, 0.1) is 0 Å². The molecule has 1 aromatic rings. The van der Waals surface area contributed by atoms with Crippen molar-refractivity contribution in [3.05, 3.63) is 29.8 Å². The third-order valence-corrected chi connectivity index (χ3v) is 3.87. The molecule has 2 rings (SSSR count). The topological polar surface area (TPSA) is 58.6 Å². The van der Waals surface area contributed by atoms with Gasteiger partial charge in [-0.3, -0.25) is 9.59 Å². The Kier molecular flexibility index (Phi) is 6.25. The van der Waals surface area contributed by atoms with Crippen molar-refractivity contribution in [2.45, 2.75) is 32.1 Å². The van der Waals surface area contributed by atoms with Crippen LogP contribution in [-0.2, 0) is 16.0 Å². The van der Waals surface area contributed by atoms with Crippen molar-refractivity contribution in [3.63, 3.8) is 0 Å². The molecule has 0 aliphatic carbocycles. The summed E-state index contributed by atoms with van der Waals surface area (Å²) in [6.45, 7) is 2.23. The highest BCUT2D eigenvalue weighted by Crippen LogP contribution is 2.13. The molecule has 2 amide bonds. The average molecular weight is 304 g/mol. The summed E-state index contributed by atoms with van der Waals surface area (Å²) >= 11 is 0. The number of hydrogen-bond acceptors (Lipinski definition) is 3. The number of methoxy groups -OCH3 is 1. The summed E-state index contributed by atoms with van der Waals surface area (Å²) in [5, 5.41) is 2.91. The van der Waals surface area contributed by atoms with Crippen molar-refractivity contribution in [3.8, 4) is 5.75 Å². The van der Waals surface area contributed by atoms with Gasteiger partial charge in [-0.05, 0) is 37.0 Å². The smallest absolute Gasteiger partial charge is 0.222 e. The Morgan fingerprint density at radius 1 is 1.41 bits per heavy atom. The van der Waals surface area contributed by atoms with Crippen LogP contribution in [0.1, 0.15) is 31.2 Å². The van der Waals surface area contributed by atoms with Crippen LogP contribution in [0.4, 0.5) is 0 Å². The molecule has 22 heavy (non-hydrogen) atoms. The minimum absolute atomic E-state index is 0.0515. The Labute approximate surface area is 131 Å². The molecule has 1 fully saturated rings. The lowest BCUT2D eigenvalue weighted by molar-refractivity contribution is -0.127. The zero-order chi connectivity index (χ0) is 15.8. The summed E-state index contributed by atoms with van der Waals surface area (Å²) in [4.78, 5) is 25.1. The van der Waals surface area contributed by atoms with Crippen LogP contribution >= 0.6 is 0 Å². The van der Waals surface area contributed by atoms with Gasteiger partial charge in [0.05, 0.1) is 7.11 Å². The molecule has 1 aromatic carbocycles. The van der Waals surface area contributed by atoms with Gasteiger partial charge in [-0.25, -0.2) is 0 Å². The summed E-state index contributed by atoms with van der Waals surface area (Å²) < 4.78 is 5.17. The lowest BCUT2D eigenvalue weighted by Gasteiger charge is -2.15. The van der Waals surface area contributed by atoms with Gasteiger partial charge in [0.25, 0.3) is 0 Å². The number of aryl methyl sites for hydroxylation is 1. The molecular formula is C17H24N2O3. The first kappa shape index (κ1) is 16.3. The number of carbonyl (C=O) groups is 2. The molecule has 0 aromatic heterocycles. The molecule has 5 nitrogen and oxygen atoms in total. The third-order valence-electron chi connectivity index (χ3n) is 3.87. The average Bonchev–Trinajstić information content (AvgIpc) is 2.95. The Morgan fingerprint density at radius 3 is 3.00 bits per heavy atom. The molecular weight excluding hydrogens is 280 g/mol. The predicted molar refractivity (Wildman–Crippen MR) is 84.8 cm³/mol. The van der Waals surface area contributed by atoms with E-state index in [0.29, 0.717) is 25.8 Å². The van der Waals surface area contributed by atoms with Crippen LogP contribution < -0.4 is 10.1 Å². The van der Waals surface area contributed by atoms with Crippen LogP contribution in [-0.4, -0.2) is 43.5 Å². The maximum Gasteiger partial charge on any atom is 0.222 e. The van der Waals surface area contributed by atoms with Crippen LogP contribution in [0.25, 0.3) is 0 Å². The first-order valence-corrected chi connectivity index (χ1v) is 7.86. The maximum absolute atomic E-state index is 11.8. The number of benzene rings is 1. The molecule has 1 saturated heterocycles. The third kappa shape index (κ3) is 5.06. The fraction of sp³-hybridized carbons (Fsp3) is 0.529. The van der Waals surface area contributed by atoms with Gasteiger partial charge >= 0.3 is 0 Å². The molecule has 0 saturated carbocycles. The number of amides is 2. The summed E-state index contributed by atoms with van der Waals surface area (Å²) in [6.07, 6.45) is 3.62. The fourth-order valence-corrected chi connectivity index (χ4v) is 2.61. The van der Waals surface area contributed by atoms with Gasteiger partial charge in [-0.2, -0.15) is 0 Å². The summed E-state index contributed by atoms with van der Waals surface area (Å²) in [5.41, 5.74) is 1.09. The standard InChI is InChI=1S/C17H24N2O3/c1-22-15-6-2-5-14(13-15)8-9-16(20)18-10-4-12-19-11-3-7-17(19)21/h2,5-6,13H,3-4,7-12H2,1H3,(H,18,20). The van der Waals surface area contributed by atoms with Crippen molar-refractivity contribution in [1.82, 2.24) is 10.2 Å². The van der Waals surface area contributed by atoms with Gasteiger partial charge in [-0.1, -0.05) is 12.1 Å². The number of nitrogens with zero attached hydrogens (tertiary/aromatic N) is 1. The van der Waals surface area contributed by atoms with Crippen LogP contribution in [0.2, 0.25) is 0 Å². The number of likely N-dealkylation sites (tertiary alicyclic amines) is 1. The van der Waals surface area contributed by atoms with Crippen molar-refractivity contribution in [2.75, 3.05) is 26.7 Å². The second kappa shape index (κ2) is 8.41. The Balaban J connectivity index is 1.60. The van der Waals surface area contributed by atoms with E-state index in [2.05, 4.69) is 5.32 Å². The van der Waals surface area contributed by atoms with E-state index in [9.17, 15) is 9.59 Å². The molecule has 1 heterocycles. The van der Waals surface area contributed by atoms with Gasteiger partial charge < -0.3 is 15.0 Å². The first-order valence-electron chi connectivity index (χ1n) is 7.86. The molecule has 1 aliphatic heterocycles. The monoisotopic (exact) mass is 304 g/mol. The zero-order valence-corrected chi connectivity index (χ0v) is 13.1. The molecule has 120 valence electrons. The molecule has 0 bridgehead atoms. The molecule has 1 N–H and O–H groups in total. The quantitative estimate of drug-likeness (QED) is 0.745. The Hall–Kier alpha value is -2.04. The fourth-order valence-electron chi connectivity index (χ4n) is 2.61. The van der Waals surface area contributed by atoms with E-state index in [1.54, 1.807) is 7.11 Å². The summed E-state index contributed by atoms with van der Waals surface area (Å²) in [7, 11) is 1.64. The Morgan fingerprint density at radius 2 is 2.27 bits per heavy atom. The lowest BCUT2D eigenvalue weighted by atomic mass is 10.1.